The standard InChI is InChI=1S/C71H129NO13/c1-3-5-7-9-11-13-15-17-19-21-23-24-25-26-27-28-29-30-31-32-33-34-35-37-38-40-42-44-46-48-50-52-54-60(75)59(72-63(76)55-53-51-49-47-45-43-41-39-36-22-20-18-16-14-12-10-8-6-4-2)58-82-70-68(81)66(79)69(62(57-74)84-70)85-71-67(80)65(78)64(77)61(56-73)83-71/h12,14,18,20,36,39,44,46,52,54,59-62,64-71,73-75,77-81H,3-11,13,15-17,19,21-35,37-38,40-43,45,47-51,53,55-58H2,1-2H3,(H,72,76)/b14-12-,20-18-,39-36-,46-44+,54-52+. The maximum absolute atomic E-state index is 13.3. The van der Waals surface area contributed by atoms with Crippen molar-refractivity contribution in [1.29, 1.82) is 0 Å². The van der Waals surface area contributed by atoms with E-state index >= 15 is 0 Å². The second kappa shape index (κ2) is 55.7. The molecule has 2 aliphatic rings. The molecule has 2 rings (SSSR count). The number of nitrogens with one attached hydrogen (secondary N) is 1. The summed E-state index contributed by atoms with van der Waals surface area (Å²) in [5.41, 5.74) is 0. The lowest BCUT2D eigenvalue weighted by Crippen LogP contribution is -2.65. The van der Waals surface area contributed by atoms with Crippen molar-refractivity contribution in [1.82, 2.24) is 5.32 Å². The Balaban J connectivity index is 1.68. The molecular weight excluding hydrogens is 1070 g/mol. The van der Waals surface area contributed by atoms with Crippen LogP contribution in [-0.2, 0) is 23.7 Å². The van der Waals surface area contributed by atoms with Gasteiger partial charge in [0.15, 0.2) is 12.6 Å². The number of amides is 1. The third-order valence-electron chi connectivity index (χ3n) is 16.9. The number of carbonyl (C=O) groups excluding carboxylic acids is 1. The van der Waals surface area contributed by atoms with Crippen molar-refractivity contribution in [3.63, 3.8) is 0 Å². The topological polar surface area (TPSA) is 228 Å². The SMILES string of the molecule is CCCCC/C=C\C/C=C\C/C=C\CCCCCCCCC(=O)NC(COC1OC(CO)C(OC2OC(CO)C(O)C(O)C2O)C(O)C1O)C(O)/C=C/CC/C=C/CCCCCCCCCCCCCCCCCCCCCCCCCCCC. The van der Waals surface area contributed by atoms with Gasteiger partial charge in [0, 0.05) is 6.42 Å². The van der Waals surface area contributed by atoms with Gasteiger partial charge in [-0.15, -0.1) is 0 Å². The van der Waals surface area contributed by atoms with Gasteiger partial charge in [-0.05, 0) is 70.6 Å². The Morgan fingerprint density at radius 2 is 0.788 bits per heavy atom. The molecule has 0 radical (unpaired) electrons. The van der Waals surface area contributed by atoms with E-state index in [4.69, 9.17) is 18.9 Å². The number of allylic oxidation sites excluding steroid dienone is 9. The van der Waals surface area contributed by atoms with Gasteiger partial charge in [0.2, 0.25) is 5.91 Å². The van der Waals surface area contributed by atoms with Crippen LogP contribution in [0.25, 0.3) is 0 Å². The van der Waals surface area contributed by atoms with Crippen LogP contribution in [-0.4, -0.2) is 140 Å². The molecule has 14 nitrogen and oxygen atoms in total. The van der Waals surface area contributed by atoms with Crippen molar-refractivity contribution >= 4 is 5.91 Å². The highest BCUT2D eigenvalue weighted by molar-refractivity contribution is 5.76. The van der Waals surface area contributed by atoms with E-state index in [1.54, 1.807) is 6.08 Å². The van der Waals surface area contributed by atoms with Crippen LogP contribution in [0.1, 0.15) is 290 Å². The van der Waals surface area contributed by atoms with E-state index in [-0.39, 0.29) is 18.9 Å². The van der Waals surface area contributed by atoms with Crippen LogP contribution < -0.4 is 5.32 Å². The monoisotopic (exact) mass is 1200 g/mol. The number of aliphatic hydroxyl groups excluding tert-OH is 8. The van der Waals surface area contributed by atoms with E-state index in [1.165, 1.54) is 193 Å². The molecule has 2 saturated heterocycles. The summed E-state index contributed by atoms with van der Waals surface area (Å²) >= 11 is 0. The number of rotatable bonds is 57. The Bertz CT molecular complexity index is 1660. The fourth-order valence-electron chi connectivity index (χ4n) is 11.3. The van der Waals surface area contributed by atoms with Crippen molar-refractivity contribution in [3.8, 4) is 0 Å². The fourth-order valence-corrected chi connectivity index (χ4v) is 11.3. The lowest BCUT2D eigenvalue weighted by molar-refractivity contribution is -0.359. The first-order valence-corrected chi connectivity index (χ1v) is 35.0. The molecular formula is C71H129NO13. The second-order valence-electron chi connectivity index (χ2n) is 24.6. The van der Waals surface area contributed by atoms with Crippen LogP contribution in [0.2, 0.25) is 0 Å². The number of ether oxygens (including phenoxy) is 4. The summed E-state index contributed by atoms with van der Waals surface area (Å²) in [5, 5.41) is 87.3. The van der Waals surface area contributed by atoms with Gasteiger partial charge in [-0.3, -0.25) is 4.79 Å². The first-order valence-electron chi connectivity index (χ1n) is 35.0. The second-order valence-corrected chi connectivity index (χ2v) is 24.6. The molecule has 2 fully saturated rings. The molecule has 0 aliphatic carbocycles. The highest BCUT2D eigenvalue weighted by Gasteiger charge is 2.51. The van der Waals surface area contributed by atoms with Gasteiger partial charge in [-0.2, -0.15) is 0 Å². The molecule has 0 saturated carbocycles. The predicted molar refractivity (Wildman–Crippen MR) is 346 cm³/mol. The summed E-state index contributed by atoms with van der Waals surface area (Å²) in [6, 6.07) is -0.943. The maximum Gasteiger partial charge on any atom is 0.220 e. The maximum atomic E-state index is 13.3. The van der Waals surface area contributed by atoms with Gasteiger partial charge < -0.3 is 65.1 Å². The largest absolute Gasteiger partial charge is 0.394 e. The fraction of sp³-hybridized carbons (Fsp3) is 0.845. The summed E-state index contributed by atoms with van der Waals surface area (Å²) in [4.78, 5) is 13.3. The Morgan fingerprint density at radius 1 is 0.424 bits per heavy atom. The van der Waals surface area contributed by atoms with E-state index < -0.39 is 86.8 Å². The van der Waals surface area contributed by atoms with E-state index in [9.17, 15) is 45.6 Å². The molecule has 14 heteroatoms. The van der Waals surface area contributed by atoms with Crippen LogP contribution in [0.5, 0.6) is 0 Å². The molecule has 12 unspecified atom stereocenters. The average Bonchev–Trinajstić information content (AvgIpc) is 3.69. The molecule has 0 aromatic rings. The van der Waals surface area contributed by atoms with Gasteiger partial charge in [0.05, 0.1) is 32.0 Å². The van der Waals surface area contributed by atoms with Crippen molar-refractivity contribution in [2.75, 3.05) is 19.8 Å². The average molecular weight is 1200 g/mol. The zero-order valence-corrected chi connectivity index (χ0v) is 53.8. The van der Waals surface area contributed by atoms with Gasteiger partial charge in [0.25, 0.3) is 0 Å². The van der Waals surface area contributed by atoms with Crippen LogP contribution in [0, 0.1) is 0 Å². The first-order chi connectivity index (χ1) is 41.6. The summed E-state index contributed by atoms with van der Waals surface area (Å²) in [7, 11) is 0. The minimum Gasteiger partial charge on any atom is -0.394 e. The summed E-state index contributed by atoms with van der Waals surface area (Å²) < 4.78 is 22.8. The zero-order valence-electron chi connectivity index (χ0n) is 53.8. The van der Waals surface area contributed by atoms with Crippen molar-refractivity contribution < 1.29 is 64.6 Å². The smallest absolute Gasteiger partial charge is 0.220 e. The van der Waals surface area contributed by atoms with Gasteiger partial charge >= 0.3 is 0 Å². The lowest BCUT2D eigenvalue weighted by atomic mass is 9.97. The Labute approximate surface area is 517 Å². The highest BCUT2D eigenvalue weighted by Crippen LogP contribution is 2.30. The number of hydrogen-bond acceptors (Lipinski definition) is 13. The molecule has 0 aromatic carbocycles. The van der Waals surface area contributed by atoms with Gasteiger partial charge in [0.1, 0.15) is 48.8 Å². The van der Waals surface area contributed by atoms with Crippen molar-refractivity contribution in [3.05, 3.63) is 60.8 Å². The summed E-state index contributed by atoms with van der Waals surface area (Å²) in [5.74, 6) is -0.261. The van der Waals surface area contributed by atoms with Crippen molar-refractivity contribution in [2.24, 2.45) is 0 Å². The summed E-state index contributed by atoms with van der Waals surface area (Å²) in [6.45, 7) is 2.77. The lowest BCUT2D eigenvalue weighted by Gasteiger charge is -2.46. The number of carbonyl (C=O) groups is 1. The quantitative estimate of drug-likeness (QED) is 0.0204. The van der Waals surface area contributed by atoms with Gasteiger partial charge in [-0.25, -0.2) is 0 Å². The summed E-state index contributed by atoms with van der Waals surface area (Å²) in [6.07, 6.45) is 57.2. The highest BCUT2D eigenvalue weighted by atomic mass is 16.7. The van der Waals surface area contributed by atoms with E-state index in [0.29, 0.717) is 12.8 Å². The number of aliphatic hydroxyl groups is 8. The third kappa shape index (κ3) is 40.1. The van der Waals surface area contributed by atoms with Gasteiger partial charge in [-0.1, -0.05) is 274 Å². The molecule has 2 heterocycles. The zero-order chi connectivity index (χ0) is 61.6. The Hall–Kier alpha value is -2.31. The van der Waals surface area contributed by atoms with Crippen molar-refractivity contribution in [2.45, 2.75) is 364 Å². The predicted octanol–water partition coefficient (Wildman–Crippen LogP) is 14.1. The molecule has 12 atom stereocenters. The van der Waals surface area contributed by atoms with E-state index in [0.717, 1.165) is 64.2 Å². The molecule has 0 aromatic heterocycles. The van der Waals surface area contributed by atoms with Crippen LogP contribution in [0.4, 0.5) is 0 Å². The number of hydrogen-bond donors (Lipinski definition) is 9. The molecule has 1 amide bonds. The van der Waals surface area contributed by atoms with E-state index in [2.05, 4.69) is 67.8 Å². The number of unbranched alkanes of at least 4 members (excludes halogenated alkanes) is 36. The van der Waals surface area contributed by atoms with Crippen LogP contribution in [0.3, 0.4) is 0 Å². The molecule has 85 heavy (non-hydrogen) atoms. The molecule has 0 spiro atoms. The third-order valence-corrected chi connectivity index (χ3v) is 16.9. The molecule has 0 bridgehead atoms. The van der Waals surface area contributed by atoms with Crippen LogP contribution in [0.15, 0.2) is 60.8 Å². The Morgan fingerprint density at radius 3 is 1.26 bits per heavy atom. The molecule has 9 N–H and O–H groups in total. The normalized spacial score (nSPS) is 23.9. The first kappa shape index (κ1) is 78.8. The molecule has 496 valence electrons. The Kier molecular flexibility index (Phi) is 51.7. The van der Waals surface area contributed by atoms with E-state index in [1.807, 2.05) is 6.08 Å². The van der Waals surface area contributed by atoms with Crippen LogP contribution >= 0.6 is 0 Å². The minimum atomic E-state index is -1.80. The molecule has 2 aliphatic heterocycles. The minimum absolute atomic E-state index is 0.257.